The van der Waals surface area contributed by atoms with Crippen LogP contribution >= 0.6 is 0 Å². The van der Waals surface area contributed by atoms with Gasteiger partial charge >= 0.3 is 0 Å². The van der Waals surface area contributed by atoms with Crippen molar-refractivity contribution in [2.75, 3.05) is 32.2 Å². The first-order chi connectivity index (χ1) is 13.5. The monoisotopic (exact) mass is 381 g/mol. The zero-order valence-corrected chi connectivity index (χ0v) is 16.2. The van der Waals surface area contributed by atoms with E-state index in [0.717, 1.165) is 5.56 Å². The van der Waals surface area contributed by atoms with Crippen LogP contribution < -0.4 is 19.7 Å². The smallest absolute Gasteiger partial charge is 0.224 e. The zero-order valence-electron chi connectivity index (χ0n) is 16.2. The highest BCUT2D eigenvalue weighted by molar-refractivity contribution is 5.91. The average molecular weight is 381 g/mol. The van der Waals surface area contributed by atoms with Gasteiger partial charge < -0.3 is 19.7 Å². The number of nitrogens with zero attached hydrogens (tertiary/aromatic N) is 2. The zero-order chi connectivity index (χ0) is 20.5. The molecule has 0 saturated heterocycles. The number of hydrogen-bond donors (Lipinski definition) is 1. The van der Waals surface area contributed by atoms with Gasteiger partial charge in [0.1, 0.15) is 0 Å². The summed E-state index contributed by atoms with van der Waals surface area (Å²) in [6.07, 6.45) is 0.185. The maximum atomic E-state index is 12.2. The van der Waals surface area contributed by atoms with Crippen LogP contribution in [0.1, 0.15) is 18.1 Å². The molecule has 0 aliphatic carbocycles. The average Bonchev–Trinajstić information content (AvgIpc) is 2.70. The Morgan fingerprint density at radius 2 is 1.86 bits per heavy atom. The van der Waals surface area contributed by atoms with Crippen LogP contribution in [0.4, 0.5) is 5.69 Å². The molecule has 7 nitrogen and oxygen atoms in total. The number of anilines is 1. The molecule has 0 aliphatic heterocycles. The molecule has 7 heteroatoms. The first kappa shape index (κ1) is 20.8. The van der Waals surface area contributed by atoms with E-state index in [1.54, 1.807) is 56.7 Å². The second kappa shape index (κ2) is 9.97. The van der Waals surface area contributed by atoms with E-state index in [9.17, 15) is 9.59 Å². The lowest BCUT2D eigenvalue weighted by atomic mass is 10.1. The molecular weight excluding hydrogens is 358 g/mol. The molecule has 0 saturated carbocycles. The summed E-state index contributed by atoms with van der Waals surface area (Å²) in [7, 11) is 3.09. The molecule has 0 bridgehead atoms. The van der Waals surface area contributed by atoms with Gasteiger partial charge in [0.25, 0.3) is 0 Å². The summed E-state index contributed by atoms with van der Waals surface area (Å²) in [5.74, 6) is 0.835. The number of ether oxygens (including phenoxy) is 2. The predicted octanol–water partition coefficient (Wildman–Crippen LogP) is 2.29. The van der Waals surface area contributed by atoms with E-state index in [-0.39, 0.29) is 18.2 Å². The van der Waals surface area contributed by atoms with Crippen molar-refractivity contribution in [1.82, 2.24) is 5.32 Å². The number of carbonyl (C=O) groups excluding carboxylic acids is 2. The number of amides is 2. The predicted molar refractivity (Wildman–Crippen MR) is 105 cm³/mol. The van der Waals surface area contributed by atoms with E-state index in [1.165, 1.54) is 11.8 Å². The summed E-state index contributed by atoms with van der Waals surface area (Å²) in [4.78, 5) is 25.7. The minimum atomic E-state index is -0.165. The molecule has 2 amide bonds. The maximum absolute atomic E-state index is 12.2. The Morgan fingerprint density at radius 3 is 2.50 bits per heavy atom. The van der Waals surface area contributed by atoms with Gasteiger partial charge in [-0.3, -0.25) is 9.59 Å². The molecule has 1 N–H and O–H groups in total. The molecule has 146 valence electrons. The molecule has 2 aromatic rings. The number of carbonyl (C=O) groups is 2. The summed E-state index contributed by atoms with van der Waals surface area (Å²) in [6.45, 7) is 2.05. The van der Waals surface area contributed by atoms with E-state index < -0.39 is 0 Å². The van der Waals surface area contributed by atoms with Crippen molar-refractivity contribution in [1.29, 1.82) is 5.26 Å². The summed E-state index contributed by atoms with van der Waals surface area (Å²) in [5.41, 5.74) is 1.89. The van der Waals surface area contributed by atoms with Gasteiger partial charge in [0.15, 0.2) is 11.5 Å². The van der Waals surface area contributed by atoms with Crippen molar-refractivity contribution in [3.8, 4) is 17.6 Å². The Bertz CT molecular complexity index is 889. The number of nitrogens with one attached hydrogen (secondary N) is 1. The quantitative estimate of drug-likeness (QED) is 0.757. The van der Waals surface area contributed by atoms with Gasteiger partial charge in [-0.15, -0.1) is 0 Å². The maximum Gasteiger partial charge on any atom is 0.224 e. The molecule has 0 radical (unpaired) electrons. The van der Waals surface area contributed by atoms with Crippen molar-refractivity contribution in [3.05, 3.63) is 53.6 Å². The summed E-state index contributed by atoms with van der Waals surface area (Å²) in [6, 6.07) is 14.2. The van der Waals surface area contributed by atoms with Crippen LogP contribution in [0, 0.1) is 11.3 Å². The lowest BCUT2D eigenvalue weighted by molar-refractivity contribution is -0.121. The molecule has 2 aromatic carbocycles. The van der Waals surface area contributed by atoms with Crippen molar-refractivity contribution >= 4 is 17.5 Å². The van der Waals surface area contributed by atoms with Crippen LogP contribution in [0.5, 0.6) is 11.5 Å². The van der Waals surface area contributed by atoms with E-state index >= 15 is 0 Å². The standard InChI is InChI=1S/C21H23N3O4/c1-15(25)24(18-6-4-5-17(11-18)14-22)10-9-23-21(26)13-16-7-8-19(27-2)20(12-16)28-3/h4-8,11-12H,9-10,13H2,1-3H3,(H,23,26). The number of benzene rings is 2. The molecule has 0 unspecified atom stereocenters. The number of methoxy groups -OCH3 is 2. The van der Waals surface area contributed by atoms with Crippen LogP contribution in [0.3, 0.4) is 0 Å². The van der Waals surface area contributed by atoms with E-state index in [2.05, 4.69) is 11.4 Å². The van der Waals surface area contributed by atoms with Gasteiger partial charge in [-0.2, -0.15) is 5.26 Å². The fraction of sp³-hybridized carbons (Fsp3) is 0.286. The third kappa shape index (κ3) is 5.48. The summed E-state index contributed by atoms with van der Waals surface area (Å²) < 4.78 is 10.4. The number of rotatable bonds is 8. The van der Waals surface area contributed by atoms with Crippen LogP contribution in [-0.4, -0.2) is 39.1 Å². The SMILES string of the molecule is COc1ccc(CC(=O)NCCN(C(C)=O)c2cccc(C#N)c2)cc1OC. The normalized spacial score (nSPS) is 9.93. The molecule has 28 heavy (non-hydrogen) atoms. The Hall–Kier alpha value is -3.53. The highest BCUT2D eigenvalue weighted by Crippen LogP contribution is 2.27. The van der Waals surface area contributed by atoms with E-state index in [0.29, 0.717) is 35.8 Å². The molecule has 0 atom stereocenters. The lowest BCUT2D eigenvalue weighted by Crippen LogP contribution is -2.38. The van der Waals surface area contributed by atoms with Crippen LogP contribution in [0.25, 0.3) is 0 Å². The Balaban J connectivity index is 1.94. The molecule has 0 heterocycles. The third-order valence-electron chi connectivity index (χ3n) is 4.14. The highest BCUT2D eigenvalue weighted by atomic mass is 16.5. The Kier molecular flexibility index (Phi) is 7.40. The molecule has 0 spiro atoms. The van der Waals surface area contributed by atoms with E-state index in [1.807, 2.05) is 0 Å². The van der Waals surface area contributed by atoms with Gasteiger partial charge in [-0.25, -0.2) is 0 Å². The Morgan fingerprint density at radius 1 is 1.11 bits per heavy atom. The van der Waals surface area contributed by atoms with Crippen LogP contribution in [0.15, 0.2) is 42.5 Å². The molecule has 2 rings (SSSR count). The molecule has 0 aromatic heterocycles. The molecule has 0 fully saturated rings. The van der Waals surface area contributed by atoms with Crippen molar-refractivity contribution in [2.24, 2.45) is 0 Å². The summed E-state index contributed by atoms with van der Waals surface area (Å²) >= 11 is 0. The topological polar surface area (TPSA) is 91.7 Å². The fourth-order valence-electron chi connectivity index (χ4n) is 2.76. The minimum Gasteiger partial charge on any atom is -0.493 e. The van der Waals surface area contributed by atoms with E-state index in [4.69, 9.17) is 14.7 Å². The first-order valence-corrected chi connectivity index (χ1v) is 8.74. The largest absolute Gasteiger partial charge is 0.493 e. The van der Waals surface area contributed by atoms with Crippen LogP contribution in [0.2, 0.25) is 0 Å². The van der Waals surface area contributed by atoms with Gasteiger partial charge in [0.05, 0.1) is 32.3 Å². The van der Waals surface area contributed by atoms with Crippen molar-refractivity contribution in [2.45, 2.75) is 13.3 Å². The second-order valence-corrected chi connectivity index (χ2v) is 6.05. The van der Waals surface area contributed by atoms with Crippen molar-refractivity contribution < 1.29 is 19.1 Å². The highest BCUT2D eigenvalue weighted by Gasteiger charge is 2.13. The van der Waals surface area contributed by atoms with Gasteiger partial charge in [0, 0.05) is 25.7 Å². The summed E-state index contributed by atoms with van der Waals surface area (Å²) in [5, 5.41) is 11.8. The third-order valence-corrected chi connectivity index (χ3v) is 4.14. The van der Waals surface area contributed by atoms with Crippen LogP contribution in [-0.2, 0) is 16.0 Å². The second-order valence-electron chi connectivity index (χ2n) is 6.05. The van der Waals surface area contributed by atoms with Gasteiger partial charge in [-0.05, 0) is 35.9 Å². The Labute approximate surface area is 164 Å². The van der Waals surface area contributed by atoms with Crippen molar-refractivity contribution in [3.63, 3.8) is 0 Å². The number of nitriles is 1. The minimum absolute atomic E-state index is 0.163. The fourth-order valence-corrected chi connectivity index (χ4v) is 2.76. The molecule has 0 aliphatic rings. The number of hydrogen-bond acceptors (Lipinski definition) is 5. The lowest BCUT2D eigenvalue weighted by Gasteiger charge is -2.21. The first-order valence-electron chi connectivity index (χ1n) is 8.74. The molecular formula is C21H23N3O4. The van der Waals surface area contributed by atoms with Gasteiger partial charge in [-0.1, -0.05) is 12.1 Å². The van der Waals surface area contributed by atoms with Gasteiger partial charge in [0.2, 0.25) is 11.8 Å².